The molecule has 20 heavy (non-hydrogen) atoms. The van der Waals surface area contributed by atoms with Crippen LogP contribution >= 0.6 is 0 Å². The number of anilines is 1. The molecule has 0 fully saturated rings. The minimum atomic E-state index is -0.719. The van der Waals surface area contributed by atoms with Crippen molar-refractivity contribution >= 4 is 17.4 Å². The molecule has 0 aliphatic rings. The van der Waals surface area contributed by atoms with Crippen LogP contribution in [-0.2, 0) is 6.54 Å². The van der Waals surface area contributed by atoms with Gasteiger partial charge in [-0.2, -0.15) is 0 Å². The van der Waals surface area contributed by atoms with Crippen LogP contribution in [0.5, 0.6) is 0 Å². The lowest BCUT2D eigenvalue weighted by Crippen LogP contribution is -2.24. The van der Waals surface area contributed by atoms with Crippen LogP contribution in [0.15, 0.2) is 42.6 Å². The molecule has 0 aliphatic carbocycles. The van der Waals surface area contributed by atoms with Crippen LogP contribution < -0.4 is 11.1 Å². The van der Waals surface area contributed by atoms with Gasteiger partial charge in [0.2, 0.25) is 0 Å². The average Bonchev–Trinajstić information content (AvgIpc) is 2.46. The molecule has 102 valence electrons. The highest BCUT2D eigenvalue weighted by Gasteiger charge is 2.20. The second-order valence-electron chi connectivity index (χ2n) is 4.02. The van der Waals surface area contributed by atoms with E-state index in [4.69, 9.17) is 5.73 Å². The summed E-state index contributed by atoms with van der Waals surface area (Å²) in [7, 11) is 0. The zero-order chi connectivity index (χ0) is 14.5. The van der Waals surface area contributed by atoms with Gasteiger partial charge >= 0.3 is 5.82 Å². The standard InChI is InChI=1S/C13H12N4O3/c14-11-10(6-7-15-12(11)17(19)20)13(18)16-8-9-4-2-1-3-5-9/h1-7H,8,14H2,(H,16,18). The number of aromatic nitrogens is 1. The molecule has 7 nitrogen and oxygen atoms in total. The number of rotatable bonds is 4. The zero-order valence-electron chi connectivity index (χ0n) is 10.4. The maximum atomic E-state index is 12.0. The Morgan fingerprint density at radius 2 is 2.00 bits per heavy atom. The predicted molar refractivity (Wildman–Crippen MR) is 72.9 cm³/mol. The molecule has 1 aromatic heterocycles. The van der Waals surface area contributed by atoms with E-state index >= 15 is 0 Å². The molecule has 0 unspecified atom stereocenters. The number of nitrogens with two attached hydrogens (primary N) is 1. The van der Waals surface area contributed by atoms with Crippen molar-refractivity contribution in [3.63, 3.8) is 0 Å². The number of hydrogen-bond donors (Lipinski definition) is 2. The Labute approximate surface area is 114 Å². The molecule has 7 heteroatoms. The Balaban J connectivity index is 2.14. The quantitative estimate of drug-likeness (QED) is 0.647. The largest absolute Gasteiger partial charge is 0.391 e. The first-order chi connectivity index (χ1) is 9.59. The summed E-state index contributed by atoms with van der Waals surface area (Å²) in [4.78, 5) is 25.5. The molecule has 0 bridgehead atoms. The Kier molecular flexibility index (Phi) is 3.90. The normalized spacial score (nSPS) is 10.0. The third kappa shape index (κ3) is 2.89. The van der Waals surface area contributed by atoms with Crippen LogP contribution in [-0.4, -0.2) is 15.8 Å². The molecule has 3 N–H and O–H groups in total. The number of amides is 1. The average molecular weight is 272 g/mol. The molecule has 0 saturated heterocycles. The Hall–Kier alpha value is -2.96. The van der Waals surface area contributed by atoms with Gasteiger partial charge in [0, 0.05) is 6.54 Å². The van der Waals surface area contributed by atoms with Crippen molar-refractivity contribution in [3.05, 3.63) is 63.8 Å². The second kappa shape index (κ2) is 5.79. The number of nitrogens with one attached hydrogen (secondary N) is 1. The first kappa shape index (κ1) is 13.5. The third-order valence-electron chi connectivity index (χ3n) is 2.68. The van der Waals surface area contributed by atoms with Crippen molar-refractivity contribution in [2.24, 2.45) is 0 Å². The third-order valence-corrected chi connectivity index (χ3v) is 2.68. The number of nitrogens with zero attached hydrogens (tertiary/aromatic N) is 2. The van der Waals surface area contributed by atoms with Gasteiger partial charge in [-0.15, -0.1) is 0 Å². The molecule has 1 aromatic carbocycles. The molecule has 1 heterocycles. The van der Waals surface area contributed by atoms with E-state index in [1.807, 2.05) is 30.3 Å². The highest BCUT2D eigenvalue weighted by Crippen LogP contribution is 2.21. The van der Waals surface area contributed by atoms with E-state index in [1.54, 1.807) is 0 Å². The summed E-state index contributed by atoms with van der Waals surface area (Å²) in [5, 5.41) is 13.4. The fourth-order valence-electron chi connectivity index (χ4n) is 1.68. The predicted octanol–water partition coefficient (Wildman–Crippen LogP) is 1.50. The summed E-state index contributed by atoms with van der Waals surface area (Å²) in [5.41, 5.74) is 6.32. The monoisotopic (exact) mass is 272 g/mol. The molecular formula is C13H12N4O3. The van der Waals surface area contributed by atoms with Crippen LogP contribution in [0.3, 0.4) is 0 Å². The number of carbonyl (C=O) groups is 1. The SMILES string of the molecule is Nc1c(C(=O)NCc2ccccc2)ccnc1[N+](=O)[O-]. The number of hydrogen-bond acceptors (Lipinski definition) is 5. The fourth-order valence-corrected chi connectivity index (χ4v) is 1.68. The van der Waals surface area contributed by atoms with Gasteiger partial charge in [0.05, 0.1) is 5.56 Å². The van der Waals surface area contributed by atoms with Crippen molar-refractivity contribution in [1.29, 1.82) is 0 Å². The van der Waals surface area contributed by atoms with Crippen LogP contribution in [0.4, 0.5) is 11.5 Å². The fraction of sp³-hybridized carbons (Fsp3) is 0.0769. The van der Waals surface area contributed by atoms with Crippen molar-refractivity contribution in [3.8, 4) is 0 Å². The van der Waals surface area contributed by atoms with Crippen LogP contribution in [0, 0.1) is 10.1 Å². The summed E-state index contributed by atoms with van der Waals surface area (Å²) in [5.74, 6) is -0.991. The number of carbonyl (C=O) groups excluding carboxylic acids is 1. The highest BCUT2D eigenvalue weighted by atomic mass is 16.6. The van der Waals surface area contributed by atoms with Crippen LogP contribution in [0.2, 0.25) is 0 Å². The highest BCUT2D eigenvalue weighted by molar-refractivity contribution is 6.00. The van der Waals surface area contributed by atoms with Gasteiger partial charge in [-0.1, -0.05) is 30.3 Å². The molecule has 2 rings (SSSR count). The van der Waals surface area contributed by atoms with E-state index in [0.29, 0.717) is 6.54 Å². The molecule has 0 saturated carbocycles. The van der Waals surface area contributed by atoms with Crippen molar-refractivity contribution in [2.75, 3.05) is 5.73 Å². The maximum absolute atomic E-state index is 12.0. The topological polar surface area (TPSA) is 111 Å². The first-order valence-corrected chi connectivity index (χ1v) is 5.80. The van der Waals surface area contributed by atoms with Crippen LogP contribution in [0.25, 0.3) is 0 Å². The molecule has 2 aromatic rings. The summed E-state index contributed by atoms with van der Waals surface area (Å²) in [6.45, 7) is 0.315. The van der Waals surface area contributed by atoms with E-state index < -0.39 is 16.6 Å². The van der Waals surface area contributed by atoms with Gasteiger partial charge in [-0.05, 0) is 21.5 Å². The maximum Gasteiger partial charge on any atom is 0.387 e. The van der Waals surface area contributed by atoms with Crippen molar-refractivity contribution < 1.29 is 9.72 Å². The second-order valence-corrected chi connectivity index (χ2v) is 4.02. The molecule has 0 radical (unpaired) electrons. The van der Waals surface area contributed by atoms with E-state index in [-0.39, 0.29) is 11.3 Å². The molecule has 1 amide bonds. The van der Waals surface area contributed by atoms with E-state index in [9.17, 15) is 14.9 Å². The van der Waals surface area contributed by atoms with Crippen LogP contribution in [0.1, 0.15) is 15.9 Å². The molecule has 0 atom stereocenters. The number of pyridine rings is 1. The van der Waals surface area contributed by atoms with Gasteiger partial charge < -0.3 is 21.2 Å². The Morgan fingerprint density at radius 1 is 1.30 bits per heavy atom. The Bertz CT molecular complexity index is 643. The summed E-state index contributed by atoms with van der Waals surface area (Å²) < 4.78 is 0. The lowest BCUT2D eigenvalue weighted by Gasteiger charge is -2.07. The lowest BCUT2D eigenvalue weighted by molar-refractivity contribution is -0.388. The van der Waals surface area contributed by atoms with E-state index in [2.05, 4.69) is 10.3 Å². The molecule has 0 aliphatic heterocycles. The molecule has 0 spiro atoms. The van der Waals surface area contributed by atoms with E-state index in [1.165, 1.54) is 12.3 Å². The van der Waals surface area contributed by atoms with Crippen molar-refractivity contribution in [1.82, 2.24) is 10.3 Å². The minimum Gasteiger partial charge on any atom is -0.391 e. The first-order valence-electron chi connectivity index (χ1n) is 5.80. The lowest BCUT2D eigenvalue weighted by atomic mass is 10.2. The summed E-state index contributed by atoms with van der Waals surface area (Å²) in [6, 6.07) is 10.6. The number of nitro groups is 1. The summed E-state index contributed by atoms with van der Waals surface area (Å²) >= 11 is 0. The smallest absolute Gasteiger partial charge is 0.387 e. The van der Waals surface area contributed by atoms with Gasteiger partial charge in [0.25, 0.3) is 5.91 Å². The number of benzene rings is 1. The minimum absolute atomic E-state index is 0.0441. The van der Waals surface area contributed by atoms with Gasteiger partial charge in [0.15, 0.2) is 0 Å². The molecular weight excluding hydrogens is 260 g/mol. The van der Waals surface area contributed by atoms with Gasteiger partial charge in [-0.25, -0.2) is 0 Å². The van der Waals surface area contributed by atoms with E-state index in [0.717, 1.165) is 5.56 Å². The zero-order valence-corrected chi connectivity index (χ0v) is 10.4. The van der Waals surface area contributed by atoms with Gasteiger partial charge in [-0.3, -0.25) is 4.79 Å². The van der Waals surface area contributed by atoms with Crippen molar-refractivity contribution in [2.45, 2.75) is 6.54 Å². The van der Waals surface area contributed by atoms with Gasteiger partial charge in [0.1, 0.15) is 11.9 Å². The Morgan fingerprint density at radius 3 is 2.65 bits per heavy atom. The summed E-state index contributed by atoms with van der Waals surface area (Å²) in [6.07, 6.45) is 1.19. The number of nitrogen functional groups attached to an aromatic ring is 1.